The van der Waals surface area contributed by atoms with Gasteiger partial charge < -0.3 is 19.6 Å². The zero-order chi connectivity index (χ0) is 19.9. The van der Waals surface area contributed by atoms with Crippen LogP contribution in [0.25, 0.3) is 0 Å². The number of fused-ring (bicyclic) bond motifs is 1. The van der Waals surface area contributed by atoms with E-state index in [1.807, 2.05) is 0 Å². The highest BCUT2D eigenvalue weighted by atomic mass is 32.1. The van der Waals surface area contributed by atoms with E-state index in [4.69, 9.17) is 22.7 Å². The maximum absolute atomic E-state index is 14.0. The predicted molar refractivity (Wildman–Crippen MR) is 100 cm³/mol. The molecule has 0 saturated heterocycles. The van der Waals surface area contributed by atoms with Gasteiger partial charge in [0.1, 0.15) is 22.9 Å². The van der Waals surface area contributed by atoms with Crippen LogP contribution in [0.3, 0.4) is 0 Å². The lowest BCUT2D eigenvalue weighted by Gasteiger charge is -2.28. The van der Waals surface area contributed by atoms with Crippen molar-refractivity contribution in [3.8, 4) is 0 Å². The van der Waals surface area contributed by atoms with E-state index in [-0.39, 0.29) is 12.7 Å². The van der Waals surface area contributed by atoms with Gasteiger partial charge in [-0.1, -0.05) is 0 Å². The van der Waals surface area contributed by atoms with E-state index in [1.54, 1.807) is 36.1 Å². The van der Waals surface area contributed by atoms with Gasteiger partial charge >= 0.3 is 5.97 Å². The topological polar surface area (TPSA) is 62.2 Å². The van der Waals surface area contributed by atoms with Crippen LogP contribution < -0.4 is 5.73 Å². The van der Waals surface area contributed by atoms with Gasteiger partial charge in [0, 0.05) is 18.3 Å². The highest BCUT2D eigenvalue weighted by Crippen LogP contribution is 2.33. The van der Waals surface area contributed by atoms with Gasteiger partial charge in [0.25, 0.3) is 0 Å². The van der Waals surface area contributed by atoms with Crippen LogP contribution in [0.15, 0.2) is 18.3 Å². The van der Waals surface area contributed by atoms with E-state index in [0.29, 0.717) is 40.9 Å². The highest BCUT2D eigenvalue weighted by Gasteiger charge is 2.29. The molecule has 1 heterocycles. The van der Waals surface area contributed by atoms with Crippen LogP contribution in [0.5, 0.6) is 0 Å². The summed E-state index contributed by atoms with van der Waals surface area (Å²) in [6.45, 7) is 5.47. The summed E-state index contributed by atoms with van der Waals surface area (Å²) in [5, 5.41) is 0. The zero-order valence-electron chi connectivity index (χ0n) is 15.6. The van der Waals surface area contributed by atoms with E-state index in [1.165, 1.54) is 6.07 Å². The fourth-order valence-electron chi connectivity index (χ4n) is 3.48. The number of benzene rings is 1. The Morgan fingerprint density at radius 1 is 1.37 bits per heavy atom. The van der Waals surface area contributed by atoms with Gasteiger partial charge in [-0.05, 0) is 69.4 Å². The summed E-state index contributed by atoms with van der Waals surface area (Å²) >= 11 is 5.49. The van der Waals surface area contributed by atoms with Crippen molar-refractivity contribution in [1.29, 1.82) is 0 Å². The number of carbonyl (C=O) groups is 1. The van der Waals surface area contributed by atoms with Gasteiger partial charge in [-0.3, -0.25) is 0 Å². The number of hydrogen-bond acceptors (Lipinski definition) is 4. The zero-order valence-corrected chi connectivity index (χ0v) is 16.4. The number of nitrogens with two attached hydrogens (primary N) is 1. The molecule has 0 amide bonds. The monoisotopic (exact) mass is 395 g/mol. The van der Waals surface area contributed by atoms with Crippen LogP contribution in [0.4, 0.5) is 8.78 Å². The minimum atomic E-state index is -0.660. The number of hydrogen-bond donors (Lipinski definition) is 1. The summed E-state index contributed by atoms with van der Waals surface area (Å²) < 4.78 is 36.9. The van der Waals surface area contributed by atoms with Crippen molar-refractivity contribution in [3.05, 3.63) is 51.6 Å². The Balaban J connectivity index is 2.02. The molecule has 1 atom stereocenters. The second kappa shape index (κ2) is 7.16. The Labute approximate surface area is 161 Å². The molecule has 0 saturated carbocycles. The lowest BCUT2D eigenvalue weighted by molar-refractivity contribution is 0.00547. The molecule has 0 spiro atoms. The minimum absolute atomic E-state index is 0.119. The lowest BCUT2D eigenvalue weighted by atomic mass is 9.87. The number of imidazole rings is 1. The Kier molecular flexibility index (Phi) is 5.22. The molecule has 2 N–H and O–H groups in total. The Hall–Kier alpha value is -2.06. The maximum atomic E-state index is 14.0. The fraction of sp³-hybridized carbons (Fsp3) is 0.474. The van der Waals surface area contributed by atoms with Gasteiger partial charge in [-0.25, -0.2) is 13.6 Å². The summed E-state index contributed by atoms with van der Waals surface area (Å²) in [5.41, 5.74) is 6.50. The second-order valence-electron chi connectivity index (χ2n) is 7.74. The number of esters is 1. The quantitative estimate of drug-likeness (QED) is 0.633. The van der Waals surface area contributed by atoms with Crippen LogP contribution in [0.1, 0.15) is 54.8 Å². The van der Waals surface area contributed by atoms with Crippen molar-refractivity contribution in [2.24, 2.45) is 5.73 Å². The Bertz CT molecular complexity index is 944. The Morgan fingerprint density at radius 3 is 2.70 bits per heavy atom. The number of halogens is 2. The average molecular weight is 395 g/mol. The van der Waals surface area contributed by atoms with Crippen molar-refractivity contribution in [3.63, 3.8) is 0 Å². The van der Waals surface area contributed by atoms with Crippen LogP contribution in [-0.4, -0.2) is 20.7 Å². The molecule has 3 rings (SSSR count). The number of aromatic nitrogens is 2. The first-order valence-electron chi connectivity index (χ1n) is 8.82. The summed E-state index contributed by atoms with van der Waals surface area (Å²) in [7, 11) is 0. The van der Waals surface area contributed by atoms with E-state index in [0.717, 1.165) is 6.07 Å². The van der Waals surface area contributed by atoms with Crippen molar-refractivity contribution in [1.82, 2.24) is 9.13 Å². The summed E-state index contributed by atoms with van der Waals surface area (Å²) in [6.07, 6.45) is 2.98. The van der Waals surface area contributed by atoms with Gasteiger partial charge in [0.15, 0.2) is 4.77 Å². The molecule has 1 aliphatic rings. The average Bonchev–Trinajstić information content (AvgIpc) is 2.89. The number of ether oxygens (including phenoxy) is 1. The molecule has 0 aliphatic heterocycles. The first kappa shape index (κ1) is 19.7. The minimum Gasteiger partial charge on any atom is -0.455 e. The van der Waals surface area contributed by atoms with Crippen LogP contribution in [-0.2, 0) is 24.2 Å². The molecule has 0 radical (unpaired) electrons. The van der Waals surface area contributed by atoms with E-state index in [9.17, 15) is 13.6 Å². The molecular formula is C19H23F2N3O2S. The van der Waals surface area contributed by atoms with E-state index in [2.05, 4.69) is 0 Å². The number of carbonyl (C=O) groups excluding carboxylic acids is 1. The van der Waals surface area contributed by atoms with Crippen molar-refractivity contribution in [2.45, 2.75) is 58.3 Å². The molecule has 1 aromatic heterocycles. The van der Waals surface area contributed by atoms with Gasteiger partial charge in [0.2, 0.25) is 0 Å². The molecule has 0 fully saturated rings. The molecule has 2 aromatic rings. The SMILES string of the molecule is CC(C)(C)OC(=O)c1cn(CN)c(=S)n1[C@H]1CCc2c(F)cc(F)cc2C1. The van der Waals surface area contributed by atoms with E-state index >= 15 is 0 Å². The molecule has 8 heteroatoms. The smallest absolute Gasteiger partial charge is 0.357 e. The molecule has 0 unspecified atom stereocenters. The van der Waals surface area contributed by atoms with Gasteiger partial charge in [-0.15, -0.1) is 0 Å². The van der Waals surface area contributed by atoms with Gasteiger partial charge in [0.05, 0.1) is 6.67 Å². The summed E-state index contributed by atoms with van der Waals surface area (Å²) in [6, 6.07) is 2.05. The van der Waals surface area contributed by atoms with Gasteiger partial charge in [-0.2, -0.15) is 0 Å². The molecule has 5 nitrogen and oxygen atoms in total. The predicted octanol–water partition coefficient (Wildman–Crippen LogP) is 3.90. The molecule has 146 valence electrons. The molecule has 27 heavy (non-hydrogen) atoms. The van der Waals surface area contributed by atoms with Crippen LogP contribution in [0.2, 0.25) is 0 Å². The molecule has 0 bridgehead atoms. The molecule has 1 aliphatic carbocycles. The Morgan fingerprint density at radius 2 is 2.07 bits per heavy atom. The molecule has 1 aromatic carbocycles. The third kappa shape index (κ3) is 3.96. The van der Waals surface area contributed by atoms with Crippen molar-refractivity contribution >= 4 is 18.2 Å². The summed E-state index contributed by atoms with van der Waals surface area (Å²) in [5.74, 6) is -1.64. The third-order valence-electron chi connectivity index (χ3n) is 4.60. The van der Waals surface area contributed by atoms with Crippen molar-refractivity contribution in [2.75, 3.05) is 0 Å². The maximum Gasteiger partial charge on any atom is 0.357 e. The second-order valence-corrected chi connectivity index (χ2v) is 8.11. The van der Waals surface area contributed by atoms with Crippen LogP contribution >= 0.6 is 12.2 Å². The normalized spacial score (nSPS) is 16.9. The molecular weight excluding hydrogens is 372 g/mol. The first-order chi connectivity index (χ1) is 12.6. The third-order valence-corrected chi connectivity index (χ3v) is 5.03. The van der Waals surface area contributed by atoms with Crippen molar-refractivity contribution < 1.29 is 18.3 Å². The number of nitrogens with zero attached hydrogens (tertiary/aromatic N) is 2. The number of rotatable bonds is 3. The first-order valence-corrected chi connectivity index (χ1v) is 9.23. The van der Waals surface area contributed by atoms with E-state index < -0.39 is 23.2 Å². The standard InChI is InChI=1S/C19H23F2N3O2S/c1-19(2,3)26-17(25)16-9-23(10-22)18(27)24(16)13-4-5-14-11(7-13)6-12(20)8-15(14)21/h6,8-9,13H,4-5,7,10,22H2,1-3H3/t13-/m0/s1. The lowest BCUT2D eigenvalue weighted by Crippen LogP contribution is -2.28. The highest BCUT2D eigenvalue weighted by molar-refractivity contribution is 7.71. The fourth-order valence-corrected chi connectivity index (χ4v) is 3.85. The summed E-state index contributed by atoms with van der Waals surface area (Å²) in [4.78, 5) is 12.7. The largest absolute Gasteiger partial charge is 0.455 e. The van der Waals surface area contributed by atoms with Crippen LogP contribution in [0, 0.1) is 16.4 Å².